The molecule has 7 nitrogen and oxygen atoms in total. The van der Waals surface area contributed by atoms with Gasteiger partial charge in [-0.25, -0.2) is 8.42 Å². The van der Waals surface area contributed by atoms with Gasteiger partial charge in [0.1, 0.15) is 0 Å². The quantitative estimate of drug-likeness (QED) is 0.489. The van der Waals surface area contributed by atoms with E-state index in [1.54, 1.807) is 42.5 Å². The molecule has 2 N–H and O–H groups in total. The molecule has 0 spiro atoms. The molecule has 1 aliphatic heterocycles. The lowest BCUT2D eigenvalue weighted by Gasteiger charge is -2.26. The van der Waals surface area contributed by atoms with E-state index in [4.69, 9.17) is 0 Å². The second-order valence-electron chi connectivity index (χ2n) is 8.55. The van der Waals surface area contributed by atoms with Crippen molar-refractivity contribution in [2.75, 3.05) is 18.4 Å². The third kappa shape index (κ3) is 6.35. The third-order valence-electron chi connectivity index (χ3n) is 6.00. The third-order valence-corrected chi connectivity index (χ3v) is 7.90. The zero-order valence-corrected chi connectivity index (χ0v) is 20.2. The van der Waals surface area contributed by atoms with Crippen molar-refractivity contribution in [2.45, 2.75) is 36.6 Å². The van der Waals surface area contributed by atoms with Crippen molar-refractivity contribution in [1.29, 1.82) is 0 Å². The monoisotopic (exact) mass is 491 g/mol. The van der Waals surface area contributed by atoms with Crippen molar-refractivity contribution in [1.82, 2.24) is 9.62 Å². The Labute approximate surface area is 206 Å². The predicted molar refractivity (Wildman–Crippen MR) is 135 cm³/mol. The largest absolute Gasteiger partial charge is 0.345 e. The first-order valence-electron chi connectivity index (χ1n) is 11.7. The Kier molecular flexibility index (Phi) is 7.94. The molecular formula is C27H29N3O4S. The first-order chi connectivity index (χ1) is 16.9. The molecule has 182 valence electrons. The number of hydrogen-bond acceptors (Lipinski definition) is 4. The van der Waals surface area contributed by atoms with E-state index < -0.39 is 16.1 Å². The van der Waals surface area contributed by atoms with Gasteiger partial charge in [0.2, 0.25) is 15.9 Å². The Balaban J connectivity index is 1.48. The Morgan fingerprint density at radius 1 is 0.829 bits per heavy atom. The summed E-state index contributed by atoms with van der Waals surface area (Å²) in [7, 11) is -3.61. The molecule has 8 heteroatoms. The Morgan fingerprint density at radius 3 is 2.17 bits per heavy atom. The molecule has 0 saturated carbocycles. The van der Waals surface area contributed by atoms with Gasteiger partial charge in [0.25, 0.3) is 5.91 Å². The van der Waals surface area contributed by atoms with Crippen LogP contribution < -0.4 is 10.6 Å². The number of carbonyl (C=O) groups excluding carboxylic acids is 2. The molecule has 1 atom stereocenters. The van der Waals surface area contributed by atoms with Gasteiger partial charge in [-0.1, -0.05) is 61.0 Å². The second-order valence-corrected chi connectivity index (χ2v) is 10.5. The Bertz CT molecular complexity index is 1260. The molecule has 2 amide bonds. The molecule has 0 unspecified atom stereocenters. The average Bonchev–Trinajstić information content (AvgIpc) is 2.90. The summed E-state index contributed by atoms with van der Waals surface area (Å²) >= 11 is 0. The van der Waals surface area contributed by atoms with Gasteiger partial charge in [-0.05, 0) is 48.7 Å². The minimum Gasteiger partial charge on any atom is -0.345 e. The van der Waals surface area contributed by atoms with E-state index in [-0.39, 0.29) is 23.1 Å². The van der Waals surface area contributed by atoms with Crippen molar-refractivity contribution in [3.63, 3.8) is 0 Å². The Morgan fingerprint density at radius 2 is 1.49 bits per heavy atom. The summed E-state index contributed by atoms with van der Waals surface area (Å²) in [5.74, 6) is -0.610. The molecule has 1 fully saturated rings. The fraction of sp³-hybridized carbons (Fsp3) is 0.259. The zero-order valence-electron chi connectivity index (χ0n) is 19.4. The smallest absolute Gasteiger partial charge is 0.251 e. The second kappa shape index (κ2) is 11.3. The summed E-state index contributed by atoms with van der Waals surface area (Å²) in [6, 6.07) is 23.9. The minimum atomic E-state index is -3.61. The molecule has 0 radical (unpaired) electrons. The number of rotatable bonds is 8. The van der Waals surface area contributed by atoms with Crippen LogP contribution in [-0.4, -0.2) is 37.6 Å². The number of benzene rings is 3. The number of nitrogens with zero attached hydrogens (tertiary/aromatic N) is 1. The maximum absolute atomic E-state index is 13.0. The molecule has 1 saturated heterocycles. The fourth-order valence-electron chi connectivity index (χ4n) is 4.15. The van der Waals surface area contributed by atoms with Crippen LogP contribution in [0.3, 0.4) is 0 Å². The predicted octanol–water partition coefficient (Wildman–Crippen LogP) is 4.36. The molecule has 3 aromatic rings. The van der Waals surface area contributed by atoms with Crippen LogP contribution in [0.2, 0.25) is 0 Å². The minimum absolute atomic E-state index is 0.00824. The van der Waals surface area contributed by atoms with E-state index in [2.05, 4.69) is 10.6 Å². The van der Waals surface area contributed by atoms with Gasteiger partial charge in [-0.15, -0.1) is 0 Å². The van der Waals surface area contributed by atoms with Crippen LogP contribution in [0.4, 0.5) is 5.69 Å². The summed E-state index contributed by atoms with van der Waals surface area (Å²) in [5.41, 5.74) is 1.70. The summed E-state index contributed by atoms with van der Waals surface area (Å²) in [6.45, 7) is 1.03. The highest BCUT2D eigenvalue weighted by atomic mass is 32.2. The number of anilines is 1. The van der Waals surface area contributed by atoms with Gasteiger partial charge in [0, 0.05) is 24.3 Å². The lowest BCUT2D eigenvalue weighted by atomic mass is 10.0. The van der Waals surface area contributed by atoms with Gasteiger partial charge in [-0.2, -0.15) is 4.31 Å². The molecule has 1 heterocycles. The molecule has 3 aromatic carbocycles. The average molecular weight is 492 g/mol. The number of carbonyl (C=O) groups is 2. The number of sulfonamides is 1. The van der Waals surface area contributed by atoms with Crippen molar-refractivity contribution < 1.29 is 18.0 Å². The first kappa shape index (κ1) is 24.6. The van der Waals surface area contributed by atoms with E-state index >= 15 is 0 Å². The SMILES string of the molecule is O=C(C[C@H](NC(=O)c1ccccc1)c1ccccc1)Nc1cccc(S(=O)(=O)N2CCCCC2)c1. The van der Waals surface area contributed by atoms with E-state index in [9.17, 15) is 18.0 Å². The number of piperidine rings is 1. The molecule has 0 aliphatic carbocycles. The van der Waals surface area contributed by atoms with Gasteiger partial charge < -0.3 is 10.6 Å². The van der Waals surface area contributed by atoms with Gasteiger partial charge in [0.15, 0.2) is 0 Å². The van der Waals surface area contributed by atoms with Crippen molar-refractivity contribution >= 4 is 27.5 Å². The maximum Gasteiger partial charge on any atom is 0.251 e. The van der Waals surface area contributed by atoms with Crippen LogP contribution in [0, 0.1) is 0 Å². The molecule has 4 rings (SSSR count). The topological polar surface area (TPSA) is 95.6 Å². The van der Waals surface area contributed by atoms with Crippen LogP contribution in [0.5, 0.6) is 0 Å². The lowest BCUT2D eigenvalue weighted by Crippen LogP contribution is -2.35. The molecule has 1 aliphatic rings. The summed E-state index contributed by atoms with van der Waals surface area (Å²) < 4.78 is 27.5. The normalized spacial score (nSPS) is 15.2. The van der Waals surface area contributed by atoms with Crippen molar-refractivity contribution in [3.8, 4) is 0 Å². The summed E-state index contributed by atoms with van der Waals surface area (Å²) in [4.78, 5) is 25.9. The van der Waals surface area contributed by atoms with Crippen LogP contribution in [0.25, 0.3) is 0 Å². The van der Waals surface area contributed by atoms with Crippen LogP contribution in [0.15, 0.2) is 89.8 Å². The lowest BCUT2D eigenvalue weighted by molar-refractivity contribution is -0.116. The first-order valence-corrected chi connectivity index (χ1v) is 13.2. The standard InChI is InChI=1S/C27H29N3O4S/c31-26(28-23-15-10-16-24(19-23)35(33,34)30-17-8-3-9-18-30)20-25(21-11-4-1-5-12-21)29-27(32)22-13-6-2-7-14-22/h1-2,4-7,10-16,19,25H,3,8-9,17-18,20H2,(H,28,31)(H,29,32)/t25-/m0/s1. The molecular weight excluding hydrogens is 462 g/mol. The highest BCUT2D eigenvalue weighted by Crippen LogP contribution is 2.24. The van der Waals surface area contributed by atoms with Crippen LogP contribution in [-0.2, 0) is 14.8 Å². The summed E-state index contributed by atoms with van der Waals surface area (Å²) in [5, 5.41) is 5.74. The highest BCUT2D eigenvalue weighted by molar-refractivity contribution is 7.89. The van der Waals surface area contributed by atoms with E-state index in [1.165, 1.54) is 10.4 Å². The molecule has 35 heavy (non-hydrogen) atoms. The van der Waals surface area contributed by atoms with Gasteiger partial charge in [0.05, 0.1) is 17.4 Å². The number of nitrogens with one attached hydrogen (secondary N) is 2. The highest BCUT2D eigenvalue weighted by Gasteiger charge is 2.26. The van der Waals surface area contributed by atoms with Crippen LogP contribution >= 0.6 is 0 Å². The molecule has 0 aromatic heterocycles. The van der Waals surface area contributed by atoms with Gasteiger partial charge in [-0.3, -0.25) is 9.59 Å². The van der Waals surface area contributed by atoms with Crippen molar-refractivity contribution in [2.24, 2.45) is 0 Å². The van der Waals surface area contributed by atoms with Crippen LogP contribution in [0.1, 0.15) is 47.6 Å². The number of amides is 2. The van der Waals surface area contributed by atoms with Crippen molar-refractivity contribution in [3.05, 3.63) is 96.1 Å². The Hall–Kier alpha value is -3.49. The van der Waals surface area contributed by atoms with E-state index in [0.717, 1.165) is 24.8 Å². The maximum atomic E-state index is 13.0. The zero-order chi connectivity index (χ0) is 24.7. The molecule has 0 bridgehead atoms. The summed E-state index contributed by atoms with van der Waals surface area (Å²) in [6.07, 6.45) is 2.73. The van der Waals surface area contributed by atoms with Gasteiger partial charge >= 0.3 is 0 Å². The fourth-order valence-corrected chi connectivity index (χ4v) is 5.72. The number of hydrogen-bond donors (Lipinski definition) is 2. The van der Waals surface area contributed by atoms with E-state index in [0.29, 0.717) is 24.3 Å². The van der Waals surface area contributed by atoms with E-state index in [1.807, 2.05) is 36.4 Å².